The zero-order valence-corrected chi connectivity index (χ0v) is 8.96. The molecule has 2 nitrogen and oxygen atoms in total. The third-order valence-corrected chi connectivity index (χ3v) is 1.61. The summed E-state index contributed by atoms with van der Waals surface area (Å²) >= 11 is 0. The average Bonchev–Trinajstić information content (AvgIpc) is 2.14. The van der Waals surface area contributed by atoms with Gasteiger partial charge in [0.05, 0.1) is 0 Å². The Morgan fingerprint density at radius 2 is 2.07 bits per heavy atom. The molecule has 0 bridgehead atoms. The van der Waals surface area contributed by atoms with Gasteiger partial charge in [-0.1, -0.05) is 11.8 Å². The van der Waals surface area contributed by atoms with Gasteiger partial charge in [0.1, 0.15) is 0 Å². The maximum Gasteiger partial charge on any atom is 0.0432 e. The molecular formula is C12H16N2. The lowest BCUT2D eigenvalue weighted by molar-refractivity contribution is 0.571. The van der Waals surface area contributed by atoms with E-state index in [-0.39, 0.29) is 5.41 Å². The van der Waals surface area contributed by atoms with Crippen LogP contribution in [0.2, 0.25) is 0 Å². The Morgan fingerprint density at radius 1 is 1.36 bits per heavy atom. The van der Waals surface area contributed by atoms with Gasteiger partial charge in [-0.2, -0.15) is 0 Å². The highest BCUT2D eigenvalue weighted by molar-refractivity contribution is 5.35. The normalized spacial score (nSPS) is 10.6. The molecule has 0 saturated heterocycles. The Kier molecular flexibility index (Phi) is 3.27. The van der Waals surface area contributed by atoms with Crippen LogP contribution in [0.1, 0.15) is 31.9 Å². The quantitative estimate of drug-likeness (QED) is 0.684. The third kappa shape index (κ3) is 3.59. The van der Waals surface area contributed by atoms with Crippen LogP contribution in [0.4, 0.5) is 0 Å². The molecule has 0 aliphatic heterocycles. The smallest absolute Gasteiger partial charge is 0.0432 e. The molecule has 0 unspecified atom stereocenters. The SMILES string of the molecule is CC(C)(C)C#Cc1cncc(CN)c1. The Hall–Kier alpha value is -1.33. The number of hydrogen-bond donors (Lipinski definition) is 1. The molecule has 0 aliphatic rings. The van der Waals surface area contributed by atoms with E-state index in [0.717, 1.165) is 11.1 Å². The molecule has 0 atom stereocenters. The number of nitrogens with zero attached hydrogens (tertiary/aromatic N) is 1. The summed E-state index contributed by atoms with van der Waals surface area (Å²) in [7, 11) is 0. The van der Waals surface area contributed by atoms with Crippen molar-refractivity contribution in [3.63, 3.8) is 0 Å². The largest absolute Gasteiger partial charge is 0.326 e. The summed E-state index contributed by atoms with van der Waals surface area (Å²) in [4.78, 5) is 4.07. The number of pyridine rings is 1. The van der Waals surface area contributed by atoms with E-state index in [1.807, 2.05) is 6.07 Å². The van der Waals surface area contributed by atoms with E-state index < -0.39 is 0 Å². The van der Waals surface area contributed by atoms with Crippen molar-refractivity contribution in [2.75, 3.05) is 0 Å². The first-order chi connectivity index (χ1) is 6.51. The summed E-state index contributed by atoms with van der Waals surface area (Å²) in [6.45, 7) is 6.76. The first-order valence-electron chi connectivity index (χ1n) is 4.68. The minimum atomic E-state index is 0.0265. The molecule has 0 aliphatic carbocycles. The molecule has 14 heavy (non-hydrogen) atoms. The van der Waals surface area contributed by atoms with Crippen LogP contribution < -0.4 is 5.73 Å². The third-order valence-electron chi connectivity index (χ3n) is 1.61. The second-order valence-corrected chi connectivity index (χ2v) is 4.29. The van der Waals surface area contributed by atoms with Crippen molar-refractivity contribution in [2.24, 2.45) is 11.1 Å². The minimum absolute atomic E-state index is 0.0265. The standard InChI is InChI=1S/C12H16N2/c1-12(2,3)5-4-10-6-11(7-13)9-14-8-10/h6,8-9H,7,13H2,1-3H3. The lowest BCUT2D eigenvalue weighted by atomic mass is 9.97. The Bertz CT molecular complexity index is 364. The Morgan fingerprint density at radius 3 is 2.64 bits per heavy atom. The van der Waals surface area contributed by atoms with E-state index in [1.165, 1.54) is 0 Å². The zero-order valence-electron chi connectivity index (χ0n) is 8.96. The maximum absolute atomic E-state index is 5.51. The average molecular weight is 188 g/mol. The van der Waals surface area contributed by atoms with E-state index in [4.69, 9.17) is 5.73 Å². The Balaban J connectivity index is 2.90. The van der Waals surface area contributed by atoms with Crippen LogP contribution in [0.5, 0.6) is 0 Å². The summed E-state index contributed by atoms with van der Waals surface area (Å²) in [6.07, 6.45) is 3.53. The second kappa shape index (κ2) is 4.26. The fraction of sp³-hybridized carbons (Fsp3) is 0.417. The molecule has 1 heterocycles. The highest BCUT2D eigenvalue weighted by Crippen LogP contribution is 2.10. The predicted molar refractivity (Wildman–Crippen MR) is 58.5 cm³/mol. The molecule has 0 radical (unpaired) electrons. The molecule has 2 heteroatoms. The van der Waals surface area contributed by atoms with Gasteiger partial charge in [0, 0.05) is 29.9 Å². The molecule has 1 rings (SSSR count). The van der Waals surface area contributed by atoms with Crippen LogP contribution in [0.15, 0.2) is 18.5 Å². The van der Waals surface area contributed by atoms with Crippen LogP contribution in [0.25, 0.3) is 0 Å². The first kappa shape index (κ1) is 10.7. The van der Waals surface area contributed by atoms with E-state index in [0.29, 0.717) is 6.54 Å². The van der Waals surface area contributed by atoms with E-state index in [1.54, 1.807) is 12.4 Å². The van der Waals surface area contributed by atoms with Crippen molar-refractivity contribution in [3.8, 4) is 11.8 Å². The lowest BCUT2D eigenvalue weighted by Crippen LogP contribution is -2.00. The molecule has 1 aromatic heterocycles. The molecule has 1 aromatic rings. The summed E-state index contributed by atoms with van der Waals surface area (Å²) in [6, 6.07) is 1.98. The van der Waals surface area contributed by atoms with Crippen LogP contribution in [-0.4, -0.2) is 4.98 Å². The van der Waals surface area contributed by atoms with E-state index in [9.17, 15) is 0 Å². The van der Waals surface area contributed by atoms with Crippen LogP contribution in [0, 0.1) is 17.3 Å². The highest BCUT2D eigenvalue weighted by atomic mass is 14.6. The maximum atomic E-state index is 5.51. The van der Waals surface area contributed by atoms with Gasteiger partial charge in [-0.25, -0.2) is 0 Å². The topological polar surface area (TPSA) is 38.9 Å². The van der Waals surface area contributed by atoms with E-state index in [2.05, 4.69) is 37.6 Å². The van der Waals surface area contributed by atoms with Gasteiger partial charge in [-0.05, 0) is 32.4 Å². The number of nitrogens with two attached hydrogens (primary N) is 1. The summed E-state index contributed by atoms with van der Waals surface area (Å²) in [5.41, 5.74) is 7.49. The number of rotatable bonds is 1. The summed E-state index contributed by atoms with van der Waals surface area (Å²) in [5.74, 6) is 6.25. The number of hydrogen-bond acceptors (Lipinski definition) is 2. The fourth-order valence-corrected chi connectivity index (χ4v) is 0.927. The zero-order chi connectivity index (χ0) is 10.6. The monoisotopic (exact) mass is 188 g/mol. The number of aromatic nitrogens is 1. The molecule has 0 spiro atoms. The molecule has 0 aromatic carbocycles. The Labute approximate surface area is 85.5 Å². The molecule has 2 N–H and O–H groups in total. The molecular weight excluding hydrogens is 172 g/mol. The van der Waals surface area contributed by atoms with Gasteiger partial charge in [0.25, 0.3) is 0 Å². The molecule has 0 fully saturated rings. The minimum Gasteiger partial charge on any atom is -0.326 e. The van der Waals surface area contributed by atoms with Crippen LogP contribution in [0.3, 0.4) is 0 Å². The van der Waals surface area contributed by atoms with E-state index >= 15 is 0 Å². The van der Waals surface area contributed by atoms with Gasteiger partial charge in [-0.15, -0.1) is 0 Å². The van der Waals surface area contributed by atoms with Crippen molar-refractivity contribution >= 4 is 0 Å². The first-order valence-corrected chi connectivity index (χ1v) is 4.68. The van der Waals surface area contributed by atoms with Crippen molar-refractivity contribution in [1.29, 1.82) is 0 Å². The fourth-order valence-electron chi connectivity index (χ4n) is 0.927. The van der Waals surface area contributed by atoms with Gasteiger partial charge in [0.2, 0.25) is 0 Å². The second-order valence-electron chi connectivity index (χ2n) is 4.29. The highest BCUT2D eigenvalue weighted by Gasteiger charge is 2.03. The van der Waals surface area contributed by atoms with Gasteiger partial charge < -0.3 is 5.73 Å². The van der Waals surface area contributed by atoms with Crippen molar-refractivity contribution in [2.45, 2.75) is 27.3 Å². The van der Waals surface area contributed by atoms with Crippen LogP contribution >= 0.6 is 0 Å². The van der Waals surface area contributed by atoms with Gasteiger partial charge in [0.15, 0.2) is 0 Å². The van der Waals surface area contributed by atoms with Crippen LogP contribution in [-0.2, 0) is 6.54 Å². The molecule has 0 saturated carbocycles. The molecule has 0 amide bonds. The summed E-state index contributed by atoms with van der Waals surface area (Å²) < 4.78 is 0. The van der Waals surface area contributed by atoms with Crippen molar-refractivity contribution < 1.29 is 0 Å². The lowest BCUT2D eigenvalue weighted by Gasteiger charge is -2.06. The van der Waals surface area contributed by atoms with Gasteiger partial charge in [-0.3, -0.25) is 4.98 Å². The summed E-state index contributed by atoms with van der Waals surface area (Å²) in [5, 5.41) is 0. The van der Waals surface area contributed by atoms with Crippen molar-refractivity contribution in [3.05, 3.63) is 29.6 Å². The van der Waals surface area contributed by atoms with Gasteiger partial charge >= 0.3 is 0 Å². The van der Waals surface area contributed by atoms with Crippen molar-refractivity contribution in [1.82, 2.24) is 4.98 Å². The molecule has 74 valence electrons. The predicted octanol–water partition coefficient (Wildman–Crippen LogP) is 1.94.